The number of hydrogen-bond donors (Lipinski definition) is 1. The molecule has 19 heavy (non-hydrogen) atoms. The zero-order valence-electron chi connectivity index (χ0n) is 11.4. The van der Waals surface area contributed by atoms with E-state index in [1.54, 1.807) is 0 Å². The van der Waals surface area contributed by atoms with Gasteiger partial charge in [-0.3, -0.25) is 0 Å². The third-order valence-electron chi connectivity index (χ3n) is 4.55. The van der Waals surface area contributed by atoms with Crippen molar-refractivity contribution in [3.8, 4) is 0 Å². The first-order chi connectivity index (χ1) is 9.33. The molecule has 4 rings (SSSR count). The average Bonchev–Trinajstić information content (AvgIpc) is 2.95. The van der Waals surface area contributed by atoms with Crippen molar-refractivity contribution in [2.24, 2.45) is 5.92 Å². The lowest BCUT2D eigenvalue weighted by molar-refractivity contribution is 0.266. The summed E-state index contributed by atoms with van der Waals surface area (Å²) < 4.78 is 2.09. The molecular formula is C14H20N4S. The lowest BCUT2D eigenvalue weighted by Gasteiger charge is -2.33. The number of nitrogens with one attached hydrogen (secondary N) is 1. The Labute approximate surface area is 117 Å². The first-order valence-electron chi connectivity index (χ1n) is 7.41. The van der Waals surface area contributed by atoms with Crippen molar-refractivity contribution in [1.29, 1.82) is 0 Å². The summed E-state index contributed by atoms with van der Waals surface area (Å²) in [4.78, 5) is 7.12. The highest BCUT2D eigenvalue weighted by atomic mass is 32.1. The van der Waals surface area contributed by atoms with Gasteiger partial charge in [0, 0.05) is 23.9 Å². The summed E-state index contributed by atoms with van der Waals surface area (Å²) >= 11 is 1.85. The van der Waals surface area contributed by atoms with Gasteiger partial charge < -0.3 is 5.32 Å². The number of rotatable bonds is 1. The van der Waals surface area contributed by atoms with E-state index < -0.39 is 0 Å². The highest BCUT2D eigenvalue weighted by Crippen LogP contribution is 2.40. The fourth-order valence-corrected chi connectivity index (χ4v) is 4.98. The molecule has 2 aromatic rings. The average molecular weight is 276 g/mol. The third kappa shape index (κ3) is 1.91. The number of fused-ring (bicyclic) bond motifs is 3. The minimum atomic E-state index is 0.554. The number of aryl methyl sites for hydroxylation is 1. The van der Waals surface area contributed by atoms with E-state index in [9.17, 15) is 0 Å². The van der Waals surface area contributed by atoms with Crippen LogP contribution in [0.15, 0.2) is 0 Å². The van der Waals surface area contributed by atoms with E-state index in [0.717, 1.165) is 29.7 Å². The van der Waals surface area contributed by atoms with Crippen molar-refractivity contribution in [2.45, 2.75) is 51.5 Å². The third-order valence-corrected chi connectivity index (χ3v) is 5.71. The second-order valence-corrected chi connectivity index (χ2v) is 6.86. The van der Waals surface area contributed by atoms with Crippen LogP contribution in [0.25, 0.3) is 4.96 Å². The largest absolute Gasteiger partial charge is 0.309 e. The van der Waals surface area contributed by atoms with Crippen LogP contribution in [0, 0.1) is 12.8 Å². The maximum Gasteiger partial charge on any atom is 0.212 e. The zero-order valence-corrected chi connectivity index (χ0v) is 12.2. The smallest absolute Gasteiger partial charge is 0.212 e. The normalized spacial score (nSPS) is 24.8. The summed E-state index contributed by atoms with van der Waals surface area (Å²) in [7, 11) is 0. The van der Waals surface area contributed by atoms with E-state index in [0.29, 0.717) is 6.04 Å². The maximum atomic E-state index is 4.55. The van der Waals surface area contributed by atoms with Crippen molar-refractivity contribution in [2.75, 3.05) is 6.54 Å². The molecule has 4 nitrogen and oxygen atoms in total. The Bertz CT molecular complexity index is 594. The predicted molar refractivity (Wildman–Crippen MR) is 76.6 cm³/mol. The van der Waals surface area contributed by atoms with Crippen LogP contribution in [-0.2, 0) is 6.42 Å². The second-order valence-electron chi connectivity index (χ2n) is 5.85. The molecule has 0 radical (unpaired) electrons. The van der Waals surface area contributed by atoms with Crippen LogP contribution >= 0.6 is 11.3 Å². The van der Waals surface area contributed by atoms with Gasteiger partial charge in [-0.15, -0.1) is 0 Å². The standard InChI is InChI=1S/C14H20N4S/c1-9-16-14-18(17-9)11-7-8-15-12(13(11)19-14)10-5-3-2-4-6-10/h10,12,15H,2-8H2,1H3. The molecule has 102 valence electrons. The molecule has 1 aliphatic carbocycles. The van der Waals surface area contributed by atoms with Crippen molar-refractivity contribution in [1.82, 2.24) is 19.9 Å². The number of thiazole rings is 1. The van der Waals surface area contributed by atoms with Crippen LogP contribution in [0.1, 0.15) is 54.5 Å². The first-order valence-corrected chi connectivity index (χ1v) is 8.23. The van der Waals surface area contributed by atoms with Crippen LogP contribution in [0.3, 0.4) is 0 Å². The summed E-state index contributed by atoms with van der Waals surface area (Å²) in [5.41, 5.74) is 1.41. The maximum absolute atomic E-state index is 4.55. The Morgan fingerprint density at radius 1 is 1.26 bits per heavy atom. The molecule has 3 heterocycles. The Hall–Kier alpha value is -0.940. The summed E-state index contributed by atoms with van der Waals surface area (Å²) in [5, 5.41) is 8.31. The van der Waals surface area contributed by atoms with Gasteiger partial charge >= 0.3 is 0 Å². The highest BCUT2D eigenvalue weighted by molar-refractivity contribution is 7.17. The van der Waals surface area contributed by atoms with Crippen molar-refractivity contribution >= 4 is 16.3 Å². The Morgan fingerprint density at radius 3 is 2.95 bits per heavy atom. The van der Waals surface area contributed by atoms with Crippen LogP contribution in [-0.4, -0.2) is 21.1 Å². The molecule has 0 amide bonds. The minimum absolute atomic E-state index is 0.554. The van der Waals surface area contributed by atoms with Crippen molar-refractivity contribution < 1.29 is 0 Å². The lowest BCUT2D eigenvalue weighted by atomic mass is 9.82. The van der Waals surface area contributed by atoms with E-state index in [4.69, 9.17) is 0 Å². The van der Waals surface area contributed by atoms with E-state index >= 15 is 0 Å². The van der Waals surface area contributed by atoms with Gasteiger partial charge in [0.2, 0.25) is 4.96 Å². The van der Waals surface area contributed by atoms with E-state index in [1.165, 1.54) is 42.7 Å². The fraction of sp³-hybridized carbons (Fsp3) is 0.714. The molecule has 0 spiro atoms. The van der Waals surface area contributed by atoms with Crippen LogP contribution in [0.5, 0.6) is 0 Å². The van der Waals surface area contributed by atoms with Gasteiger partial charge in [-0.05, 0) is 25.7 Å². The molecule has 1 atom stereocenters. The van der Waals surface area contributed by atoms with Gasteiger partial charge in [0.25, 0.3) is 0 Å². The lowest BCUT2D eigenvalue weighted by Crippen LogP contribution is -2.35. The number of nitrogens with zero attached hydrogens (tertiary/aromatic N) is 3. The Balaban J connectivity index is 1.75. The quantitative estimate of drug-likeness (QED) is 0.871. The molecular weight excluding hydrogens is 256 g/mol. The molecule has 1 unspecified atom stereocenters. The van der Waals surface area contributed by atoms with Crippen LogP contribution in [0.4, 0.5) is 0 Å². The molecule has 1 N–H and O–H groups in total. The highest BCUT2D eigenvalue weighted by Gasteiger charge is 2.32. The van der Waals surface area contributed by atoms with Crippen molar-refractivity contribution in [3.63, 3.8) is 0 Å². The Kier molecular flexibility index (Phi) is 2.84. The van der Waals surface area contributed by atoms with Gasteiger partial charge in [-0.25, -0.2) is 9.50 Å². The Morgan fingerprint density at radius 2 is 2.11 bits per heavy atom. The van der Waals surface area contributed by atoms with Gasteiger partial charge in [-0.2, -0.15) is 5.10 Å². The summed E-state index contributed by atoms with van der Waals surface area (Å²) in [6.07, 6.45) is 8.07. The summed E-state index contributed by atoms with van der Waals surface area (Å²) in [6.45, 7) is 3.06. The molecule has 2 aromatic heterocycles. The van der Waals surface area contributed by atoms with Crippen LogP contribution < -0.4 is 5.32 Å². The number of hydrogen-bond acceptors (Lipinski definition) is 4. The molecule has 2 aliphatic rings. The van der Waals surface area contributed by atoms with Gasteiger partial charge in [0.15, 0.2) is 0 Å². The van der Waals surface area contributed by atoms with Gasteiger partial charge in [0.1, 0.15) is 5.82 Å². The van der Waals surface area contributed by atoms with Gasteiger partial charge in [0.05, 0.1) is 5.69 Å². The first kappa shape index (κ1) is 11.9. The molecule has 1 saturated carbocycles. The predicted octanol–water partition coefficient (Wildman–Crippen LogP) is 2.87. The molecule has 5 heteroatoms. The molecule has 0 saturated heterocycles. The molecule has 1 fully saturated rings. The van der Waals surface area contributed by atoms with Gasteiger partial charge in [-0.1, -0.05) is 30.6 Å². The van der Waals surface area contributed by atoms with E-state index in [2.05, 4.69) is 19.9 Å². The molecule has 0 aromatic carbocycles. The number of aromatic nitrogens is 3. The second kappa shape index (κ2) is 4.56. The summed E-state index contributed by atoms with van der Waals surface area (Å²) in [6, 6.07) is 0.554. The van der Waals surface area contributed by atoms with E-state index in [-0.39, 0.29) is 0 Å². The molecule has 0 bridgehead atoms. The van der Waals surface area contributed by atoms with Crippen LogP contribution in [0.2, 0.25) is 0 Å². The fourth-order valence-electron chi connectivity index (χ4n) is 3.66. The zero-order chi connectivity index (χ0) is 12.8. The topological polar surface area (TPSA) is 42.2 Å². The summed E-state index contributed by atoms with van der Waals surface area (Å²) in [5.74, 6) is 1.71. The molecule has 1 aliphatic heterocycles. The monoisotopic (exact) mass is 276 g/mol. The SMILES string of the molecule is Cc1nc2sc3c(n2n1)CCNC3C1CCCCC1. The van der Waals surface area contributed by atoms with Crippen molar-refractivity contribution in [3.05, 3.63) is 16.4 Å². The minimum Gasteiger partial charge on any atom is -0.309 e. The van der Waals surface area contributed by atoms with E-state index in [1.807, 2.05) is 18.3 Å².